The zero-order valence-electron chi connectivity index (χ0n) is 12.5. The predicted octanol–water partition coefficient (Wildman–Crippen LogP) is 5.86. The average molecular weight is 314 g/mol. The largest absolute Gasteiger partial charge is 0.310 e. The molecule has 0 aromatic heterocycles. The second-order valence-corrected chi connectivity index (χ2v) is 6.73. The zero-order chi connectivity index (χ0) is 14.5. The molecule has 1 aromatic carbocycles. The first-order valence-electron chi connectivity index (χ1n) is 7.84. The molecule has 1 N–H and O–H groups in total. The maximum Gasteiger partial charge on any atom is 0.0454 e. The first-order valence-corrected chi connectivity index (χ1v) is 8.59. The van der Waals surface area contributed by atoms with E-state index in [2.05, 4.69) is 19.2 Å². The molecule has 0 radical (unpaired) electrons. The van der Waals surface area contributed by atoms with E-state index < -0.39 is 0 Å². The van der Waals surface area contributed by atoms with E-state index in [0.29, 0.717) is 12.0 Å². The van der Waals surface area contributed by atoms with E-state index >= 15 is 0 Å². The van der Waals surface area contributed by atoms with Crippen LogP contribution in [0.15, 0.2) is 18.2 Å². The minimum Gasteiger partial charge on any atom is -0.310 e. The lowest BCUT2D eigenvalue weighted by Gasteiger charge is -2.34. The molecule has 1 aliphatic carbocycles. The molecule has 20 heavy (non-hydrogen) atoms. The van der Waals surface area contributed by atoms with E-state index in [4.69, 9.17) is 23.2 Å². The van der Waals surface area contributed by atoms with Gasteiger partial charge in [-0.1, -0.05) is 56.3 Å². The van der Waals surface area contributed by atoms with Crippen molar-refractivity contribution >= 4 is 23.2 Å². The number of benzene rings is 1. The Hall–Kier alpha value is -0.240. The highest BCUT2D eigenvalue weighted by Gasteiger charge is 2.28. The Bertz CT molecular complexity index is 425. The van der Waals surface area contributed by atoms with Crippen LogP contribution in [0.4, 0.5) is 0 Å². The quantitative estimate of drug-likeness (QED) is 0.717. The van der Waals surface area contributed by atoms with Crippen molar-refractivity contribution in [3.8, 4) is 0 Å². The average Bonchev–Trinajstić information content (AvgIpc) is 2.48. The smallest absolute Gasteiger partial charge is 0.0454 e. The molecule has 1 saturated carbocycles. The van der Waals surface area contributed by atoms with Gasteiger partial charge < -0.3 is 5.32 Å². The van der Waals surface area contributed by atoms with Crippen molar-refractivity contribution < 1.29 is 0 Å². The lowest BCUT2D eigenvalue weighted by Crippen LogP contribution is -2.31. The fraction of sp³-hybridized carbons (Fsp3) is 0.647. The molecular weight excluding hydrogens is 289 g/mol. The summed E-state index contributed by atoms with van der Waals surface area (Å²) in [5, 5.41) is 5.23. The summed E-state index contributed by atoms with van der Waals surface area (Å²) in [7, 11) is 0. The maximum atomic E-state index is 6.40. The van der Waals surface area contributed by atoms with Crippen molar-refractivity contribution in [1.82, 2.24) is 5.32 Å². The van der Waals surface area contributed by atoms with E-state index in [9.17, 15) is 0 Å². The first kappa shape index (κ1) is 16.1. The molecular formula is C17H25Cl2N. The van der Waals surface area contributed by atoms with Crippen LogP contribution in [0.25, 0.3) is 0 Å². The fourth-order valence-corrected chi connectivity index (χ4v) is 3.85. The van der Waals surface area contributed by atoms with Crippen LogP contribution < -0.4 is 5.32 Å². The van der Waals surface area contributed by atoms with Gasteiger partial charge in [-0.3, -0.25) is 0 Å². The summed E-state index contributed by atoms with van der Waals surface area (Å²) in [6.45, 7) is 5.42. The Morgan fingerprint density at radius 3 is 2.45 bits per heavy atom. The third-order valence-corrected chi connectivity index (χ3v) is 5.24. The van der Waals surface area contributed by atoms with Crippen molar-refractivity contribution in [3.63, 3.8) is 0 Å². The minimum absolute atomic E-state index is 0.337. The van der Waals surface area contributed by atoms with Crippen molar-refractivity contribution in [2.45, 2.75) is 52.0 Å². The molecule has 0 heterocycles. The second kappa shape index (κ2) is 7.68. The van der Waals surface area contributed by atoms with Gasteiger partial charge in [0.25, 0.3) is 0 Å². The highest BCUT2D eigenvalue weighted by atomic mass is 35.5. The number of hydrogen-bond donors (Lipinski definition) is 1. The van der Waals surface area contributed by atoms with Crippen LogP contribution in [0, 0.1) is 11.8 Å². The molecule has 0 spiro atoms. The molecule has 0 aliphatic heterocycles. The third-order valence-electron chi connectivity index (χ3n) is 4.66. The molecule has 0 bridgehead atoms. The standard InChI is InChI=1S/C17H25Cl2N/c1-3-12-5-7-13(8-6-12)17(20-4-2)15-11-14(18)9-10-16(15)19/h9-13,17,20H,3-8H2,1-2H3. The summed E-state index contributed by atoms with van der Waals surface area (Å²) in [6.07, 6.45) is 6.59. The molecule has 1 nitrogen and oxygen atoms in total. The normalized spacial score (nSPS) is 24.6. The third kappa shape index (κ3) is 3.90. The van der Waals surface area contributed by atoms with E-state index in [1.807, 2.05) is 18.2 Å². The predicted molar refractivity (Wildman–Crippen MR) is 88.6 cm³/mol. The van der Waals surface area contributed by atoms with Gasteiger partial charge >= 0.3 is 0 Å². The highest BCUT2D eigenvalue weighted by molar-refractivity contribution is 6.33. The molecule has 1 unspecified atom stereocenters. The monoisotopic (exact) mass is 313 g/mol. The number of halogens is 2. The lowest BCUT2D eigenvalue weighted by atomic mass is 9.76. The van der Waals surface area contributed by atoms with Crippen LogP contribution in [0.1, 0.15) is 57.6 Å². The van der Waals surface area contributed by atoms with Crippen LogP contribution in [-0.4, -0.2) is 6.54 Å². The summed E-state index contributed by atoms with van der Waals surface area (Å²) in [5.74, 6) is 1.59. The fourth-order valence-electron chi connectivity index (χ4n) is 3.43. The SMILES string of the molecule is CCNC(c1cc(Cl)ccc1Cl)C1CCC(CC)CC1. The summed E-state index contributed by atoms with van der Waals surface area (Å²) in [6, 6.07) is 6.15. The molecule has 2 rings (SSSR count). The number of rotatable bonds is 5. The van der Waals surface area contributed by atoms with E-state index in [0.717, 1.165) is 22.5 Å². The Balaban J connectivity index is 2.16. The second-order valence-electron chi connectivity index (χ2n) is 5.89. The molecule has 0 amide bonds. The van der Waals surface area contributed by atoms with E-state index in [-0.39, 0.29) is 0 Å². The van der Waals surface area contributed by atoms with Gasteiger partial charge in [0, 0.05) is 16.1 Å². The number of nitrogens with one attached hydrogen (secondary N) is 1. The molecule has 1 atom stereocenters. The van der Waals surface area contributed by atoms with Crippen LogP contribution >= 0.6 is 23.2 Å². The summed E-state index contributed by atoms with van der Waals surface area (Å²) in [5.41, 5.74) is 1.17. The molecule has 112 valence electrons. The van der Waals surface area contributed by atoms with Crippen LogP contribution in [0.2, 0.25) is 10.0 Å². The van der Waals surface area contributed by atoms with Crippen molar-refractivity contribution in [2.24, 2.45) is 11.8 Å². The minimum atomic E-state index is 0.337. The Labute approximate surface area is 133 Å². The van der Waals surface area contributed by atoms with Gasteiger partial charge in [-0.05, 0) is 55.0 Å². The van der Waals surface area contributed by atoms with Crippen LogP contribution in [-0.2, 0) is 0 Å². The van der Waals surface area contributed by atoms with Crippen molar-refractivity contribution in [1.29, 1.82) is 0 Å². The van der Waals surface area contributed by atoms with Gasteiger partial charge in [0.05, 0.1) is 0 Å². The zero-order valence-corrected chi connectivity index (χ0v) is 14.0. The lowest BCUT2D eigenvalue weighted by molar-refractivity contribution is 0.220. The van der Waals surface area contributed by atoms with Gasteiger partial charge in [-0.15, -0.1) is 0 Å². The van der Waals surface area contributed by atoms with Gasteiger partial charge in [-0.2, -0.15) is 0 Å². The topological polar surface area (TPSA) is 12.0 Å². The summed E-state index contributed by atoms with van der Waals surface area (Å²) < 4.78 is 0. The Kier molecular flexibility index (Phi) is 6.20. The summed E-state index contributed by atoms with van der Waals surface area (Å²) in [4.78, 5) is 0. The van der Waals surface area contributed by atoms with Crippen molar-refractivity contribution in [3.05, 3.63) is 33.8 Å². The molecule has 1 fully saturated rings. The van der Waals surface area contributed by atoms with Crippen molar-refractivity contribution in [2.75, 3.05) is 6.54 Å². The van der Waals surface area contributed by atoms with Gasteiger partial charge in [0.1, 0.15) is 0 Å². The number of hydrogen-bond acceptors (Lipinski definition) is 1. The van der Waals surface area contributed by atoms with E-state index in [1.165, 1.54) is 37.7 Å². The van der Waals surface area contributed by atoms with Gasteiger partial charge in [-0.25, -0.2) is 0 Å². The maximum absolute atomic E-state index is 6.40. The molecule has 1 aliphatic rings. The van der Waals surface area contributed by atoms with Gasteiger partial charge in [0.15, 0.2) is 0 Å². The highest BCUT2D eigenvalue weighted by Crippen LogP contribution is 2.40. The Morgan fingerprint density at radius 1 is 1.15 bits per heavy atom. The first-order chi connectivity index (χ1) is 9.65. The molecule has 1 aromatic rings. The summed E-state index contributed by atoms with van der Waals surface area (Å²) >= 11 is 12.6. The molecule has 0 saturated heterocycles. The van der Waals surface area contributed by atoms with Crippen LogP contribution in [0.5, 0.6) is 0 Å². The van der Waals surface area contributed by atoms with E-state index in [1.54, 1.807) is 0 Å². The van der Waals surface area contributed by atoms with Gasteiger partial charge in [0.2, 0.25) is 0 Å². The van der Waals surface area contributed by atoms with Crippen LogP contribution in [0.3, 0.4) is 0 Å². The molecule has 3 heteroatoms. The Morgan fingerprint density at radius 2 is 1.85 bits per heavy atom.